The second-order valence-electron chi connectivity index (χ2n) is 8.18. The first-order chi connectivity index (χ1) is 22.5. The van der Waals surface area contributed by atoms with Crippen LogP contribution in [0.15, 0.2) is 0 Å². The van der Waals surface area contributed by atoms with Gasteiger partial charge in [-0.15, -0.1) is 23.2 Å². The Morgan fingerprint density at radius 1 is 0.592 bits per heavy atom. The van der Waals surface area contributed by atoms with E-state index in [2.05, 4.69) is 20.1 Å². The predicted molar refractivity (Wildman–Crippen MR) is 191 cm³/mol. The van der Waals surface area contributed by atoms with Crippen LogP contribution >= 0.6 is 39.1 Å². The first-order valence-electron chi connectivity index (χ1n) is 15.7. The van der Waals surface area contributed by atoms with E-state index >= 15 is 0 Å². The van der Waals surface area contributed by atoms with Gasteiger partial charge in [-0.05, 0) is 60.8 Å². The van der Waals surface area contributed by atoms with Crippen molar-refractivity contribution in [2.24, 2.45) is 0 Å². The molecule has 0 atom stereocenters. The molecule has 0 aromatic carbocycles. The summed E-state index contributed by atoms with van der Waals surface area (Å²) in [6, 6.07) is 0. The van der Waals surface area contributed by atoms with Crippen molar-refractivity contribution in [3.8, 4) is 0 Å². The Hall–Kier alpha value is 2.13. The fourth-order valence-electron chi connectivity index (χ4n) is 2.51. The fraction of sp³-hybridized carbons (Fsp3) is 1.00. The maximum absolute atomic E-state index is 10.6. The zero-order chi connectivity index (χ0) is 37.0. The molecule has 4 N–H and O–H groups in total. The number of aliphatic hydroxyl groups is 3. The smallest absolute Gasteiger partial charge is 0.870 e. The minimum Gasteiger partial charge on any atom is -0.870 e. The molecule has 0 aromatic rings. The van der Waals surface area contributed by atoms with Crippen LogP contribution < -0.4 is 51.4 Å². The molecule has 0 bridgehead atoms. The number of aliphatic hydroxyl groups excluding tert-OH is 3. The van der Waals surface area contributed by atoms with E-state index in [-0.39, 0.29) is 107 Å². The molecule has 0 unspecified atom stereocenters. The SMILES string of the molecule is CCOC(CBr)OCC.CCOC(COCCCO)OCC.CCOC(COCCCOS(C)(=O)=O)OCC.ClCCl.OCCCO.[K+].[OH-]. The van der Waals surface area contributed by atoms with Crippen LogP contribution in [0.4, 0.5) is 0 Å². The number of hydrogen-bond donors (Lipinski definition) is 3. The van der Waals surface area contributed by atoms with Crippen LogP contribution in [0, 0.1) is 0 Å². The van der Waals surface area contributed by atoms with Crippen molar-refractivity contribution in [1.29, 1.82) is 0 Å². The standard InChI is InChI=1S/C10H22O6S.C9H20O4.C6H13BrO2.C3H8O2.CH2Cl2.K.H2O/c1-4-14-10(15-5-2)9-13-7-6-8-16-17(3,11)12;1-3-12-9(13-4-2)8-11-7-5-6-10;1-3-8-6(5-7)9-4-2;4-2-1-3-5;2-1-3;;/h10H,4-9H2,1-3H3;9-10H,3-8H2,1-2H3;6H,3-5H2,1-2H3;4-5H,1-3H2;1H2;;1H2/q;;;;;+1;/p-1. The molecule has 0 heterocycles. The zero-order valence-corrected chi connectivity index (χ0v) is 38.0. The molecule has 0 amide bonds. The average Bonchev–Trinajstić information content (AvgIpc) is 3.02. The van der Waals surface area contributed by atoms with Crippen molar-refractivity contribution >= 4 is 49.2 Å². The zero-order valence-electron chi connectivity index (χ0n) is 31.0. The number of alkyl halides is 3. The second-order valence-corrected chi connectivity index (χ2v) is 11.3. The average molecular weight is 877 g/mol. The number of hydrogen-bond acceptors (Lipinski definition) is 15. The molecule has 20 heteroatoms. The van der Waals surface area contributed by atoms with Gasteiger partial charge in [-0.25, -0.2) is 0 Å². The molecule has 0 radical (unpaired) electrons. The topological polar surface area (TPSA) is 208 Å². The summed E-state index contributed by atoms with van der Waals surface area (Å²) in [5.41, 5.74) is 0. The number of halogens is 3. The number of ether oxygens (including phenoxy) is 8. The van der Waals surface area contributed by atoms with Gasteiger partial charge in [0.1, 0.15) is 0 Å². The molecule has 0 aliphatic rings. The normalized spacial score (nSPS) is 10.4. The Kier molecular flexibility index (Phi) is 80.0. The molecule has 300 valence electrons. The van der Waals surface area contributed by atoms with Gasteiger partial charge in [0.2, 0.25) is 0 Å². The van der Waals surface area contributed by atoms with Gasteiger partial charge in [-0.1, -0.05) is 15.9 Å². The van der Waals surface area contributed by atoms with Gasteiger partial charge in [0.25, 0.3) is 10.1 Å². The van der Waals surface area contributed by atoms with Crippen LogP contribution in [0.5, 0.6) is 0 Å². The fourth-order valence-corrected chi connectivity index (χ4v) is 3.30. The molecule has 0 aliphatic carbocycles. The van der Waals surface area contributed by atoms with Crippen molar-refractivity contribution in [2.45, 2.75) is 79.7 Å². The summed E-state index contributed by atoms with van der Waals surface area (Å²) in [7, 11) is -3.35. The summed E-state index contributed by atoms with van der Waals surface area (Å²) in [5.74, 6) is 0. The van der Waals surface area contributed by atoms with E-state index in [1.807, 2.05) is 41.5 Å². The maximum atomic E-state index is 10.6. The molecule has 15 nitrogen and oxygen atoms in total. The molecule has 49 heavy (non-hydrogen) atoms. The summed E-state index contributed by atoms with van der Waals surface area (Å²) in [6.45, 7) is 17.5. The molecular weight excluding hydrogens is 810 g/mol. The third-order valence-electron chi connectivity index (χ3n) is 4.24. The minimum atomic E-state index is -3.35. The van der Waals surface area contributed by atoms with Crippen molar-refractivity contribution in [3.05, 3.63) is 0 Å². The van der Waals surface area contributed by atoms with Crippen LogP contribution in [-0.2, 0) is 52.2 Å². The molecule has 0 saturated carbocycles. The largest absolute Gasteiger partial charge is 1.00 e. The minimum absolute atomic E-state index is 0. The van der Waals surface area contributed by atoms with Gasteiger partial charge in [-0.3, -0.25) is 4.18 Å². The van der Waals surface area contributed by atoms with E-state index in [0.29, 0.717) is 85.3 Å². The predicted octanol–water partition coefficient (Wildman–Crippen LogP) is 0.943. The van der Waals surface area contributed by atoms with Crippen molar-refractivity contribution in [1.82, 2.24) is 0 Å². The Morgan fingerprint density at radius 2 is 0.898 bits per heavy atom. The van der Waals surface area contributed by atoms with Crippen LogP contribution in [0.2, 0.25) is 0 Å². The van der Waals surface area contributed by atoms with Crippen molar-refractivity contribution in [3.63, 3.8) is 0 Å². The van der Waals surface area contributed by atoms with E-state index in [1.165, 1.54) is 0 Å². The molecule has 0 aromatic heterocycles. The summed E-state index contributed by atoms with van der Waals surface area (Å²) in [4.78, 5) is 0. The van der Waals surface area contributed by atoms with Crippen LogP contribution in [0.3, 0.4) is 0 Å². The Morgan fingerprint density at radius 3 is 1.14 bits per heavy atom. The van der Waals surface area contributed by atoms with Gasteiger partial charge >= 0.3 is 51.4 Å². The quantitative estimate of drug-likeness (QED) is 0.0345. The van der Waals surface area contributed by atoms with Crippen LogP contribution in [0.25, 0.3) is 0 Å². The van der Waals surface area contributed by atoms with E-state index in [4.69, 9.17) is 76.4 Å². The summed E-state index contributed by atoms with van der Waals surface area (Å²) >= 11 is 12.8. The maximum Gasteiger partial charge on any atom is 1.00 e. The van der Waals surface area contributed by atoms with Crippen LogP contribution in [0.1, 0.15) is 60.8 Å². The molecule has 0 fully saturated rings. The second kappa shape index (κ2) is 59.4. The molecule has 0 rings (SSSR count). The third-order valence-corrected chi connectivity index (χ3v) is 5.37. The van der Waals surface area contributed by atoms with Gasteiger partial charge in [0.05, 0.1) is 36.7 Å². The van der Waals surface area contributed by atoms with Gasteiger partial charge in [0, 0.05) is 72.7 Å². The van der Waals surface area contributed by atoms with Gasteiger partial charge in [0.15, 0.2) is 18.9 Å². The number of rotatable bonds is 27. The first kappa shape index (κ1) is 66.0. The van der Waals surface area contributed by atoms with Crippen molar-refractivity contribution < 1.29 is 123 Å². The monoisotopic (exact) mass is 874 g/mol. The molecule has 0 aliphatic heterocycles. The summed E-state index contributed by atoms with van der Waals surface area (Å²) in [6.07, 6.45) is 1.99. The molecule has 0 saturated heterocycles. The van der Waals surface area contributed by atoms with Gasteiger partial charge < -0.3 is 58.7 Å². The van der Waals surface area contributed by atoms with E-state index in [9.17, 15) is 8.42 Å². The summed E-state index contributed by atoms with van der Waals surface area (Å²) < 4.78 is 67.7. The van der Waals surface area contributed by atoms with Gasteiger partial charge in [-0.2, -0.15) is 8.42 Å². The van der Waals surface area contributed by atoms with E-state index < -0.39 is 10.1 Å². The Labute approximate surface area is 357 Å². The van der Waals surface area contributed by atoms with Crippen molar-refractivity contribution in [2.75, 3.05) is 109 Å². The van der Waals surface area contributed by atoms with E-state index in [1.54, 1.807) is 0 Å². The van der Waals surface area contributed by atoms with E-state index in [0.717, 1.165) is 11.6 Å². The summed E-state index contributed by atoms with van der Waals surface area (Å²) in [5, 5.41) is 25.2. The molecular formula is C29H66BrCl2KO15S. The Balaban J connectivity index is -0.0000000981. The Bertz CT molecular complexity index is 620. The third kappa shape index (κ3) is 72.1. The molecule has 0 spiro atoms. The van der Waals surface area contributed by atoms with Crippen LogP contribution in [-0.4, -0.2) is 158 Å². The first-order valence-corrected chi connectivity index (χ1v) is 19.7.